The summed E-state index contributed by atoms with van der Waals surface area (Å²) >= 11 is 10.2. The highest BCUT2D eigenvalue weighted by Crippen LogP contribution is 2.34. The van der Waals surface area contributed by atoms with Crippen molar-refractivity contribution in [1.82, 2.24) is 0 Å². The van der Waals surface area contributed by atoms with Crippen molar-refractivity contribution < 1.29 is 4.39 Å². The second kappa shape index (κ2) is 3.56. The average Bonchev–Trinajstić information content (AvgIpc) is 2.43. The second-order valence-electron chi connectivity index (χ2n) is 2.65. The third kappa shape index (κ3) is 1.60. The molecular formula is C9H5BrClFS. The van der Waals surface area contributed by atoms with Crippen LogP contribution in [0.5, 0.6) is 0 Å². The van der Waals surface area contributed by atoms with Gasteiger partial charge in [-0.3, -0.25) is 0 Å². The van der Waals surface area contributed by atoms with Crippen LogP contribution in [0.25, 0.3) is 10.1 Å². The Balaban J connectivity index is 2.75. The summed E-state index contributed by atoms with van der Waals surface area (Å²) in [5, 5.41) is 1.50. The Labute approximate surface area is 92.5 Å². The van der Waals surface area contributed by atoms with Crippen molar-refractivity contribution >= 4 is 49.0 Å². The standard InChI is InChI=1S/C9H5BrClFS/c10-4-5-1-2-7-6(3-5)8(11)9(12)13-7/h1-3H,4H2. The van der Waals surface area contributed by atoms with Gasteiger partial charge in [0.1, 0.15) is 0 Å². The number of hydrogen-bond acceptors (Lipinski definition) is 1. The molecule has 0 aliphatic carbocycles. The molecule has 4 heteroatoms. The van der Waals surface area contributed by atoms with Gasteiger partial charge < -0.3 is 0 Å². The van der Waals surface area contributed by atoms with Gasteiger partial charge >= 0.3 is 0 Å². The number of benzene rings is 1. The minimum atomic E-state index is -0.302. The third-order valence-corrected chi connectivity index (χ3v) is 3.90. The molecule has 1 aromatic heterocycles. The summed E-state index contributed by atoms with van der Waals surface area (Å²) in [7, 11) is 0. The third-order valence-electron chi connectivity index (χ3n) is 1.81. The molecule has 13 heavy (non-hydrogen) atoms. The predicted octanol–water partition coefficient (Wildman–Crippen LogP) is 4.59. The molecule has 0 radical (unpaired) electrons. The van der Waals surface area contributed by atoms with Crippen LogP contribution >= 0.6 is 38.9 Å². The number of hydrogen-bond donors (Lipinski definition) is 0. The molecule has 0 N–H and O–H groups in total. The van der Waals surface area contributed by atoms with E-state index in [4.69, 9.17) is 11.6 Å². The number of fused-ring (bicyclic) bond motifs is 1. The van der Waals surface area contributed by atoms with Gasteiger partial charge in [-0.2, -0.15) is 4.39 Å². The first-order chi connectivity index (χ1) is 6.22. The average molecular weight is 280 g/mol. The summed E-state index contributed by atoms with van der Waals surface area (Å²) in [4.78, 5) is 0. The molecular weight excluding hydrogens is 275 g/mol. The van der Waals surface area contributed by atoms with E-state index in [0.717, 1.165) is 32.3 Å². The Bertz CT molecular complexity index is 452. The van der Waals surface area contributed by atoms with E-state index >= 15 is 0 Å². The molecule has 0 aliphatic heterocycles. The molecule has 0 spiro atoms. The van der Waals surface area contributed by atoms with Gasteiger partial charge in [-0.05, 0) is 17.7 Å². The van der Waals surface area contributed by atoms with Gasteiger partial charge in [0.05, 0.1) is 5.02 Å². The van der Waals surface area contributed by atoms with Crippen molar-refractivity contribution in [3.05, 3.63) is 33.9 Å². The first-order valence-corrected chi connectivity index (χ1v) is 5.96. The van der Waals surface area contributed by atoms with Crippen LogP contribution in [-0.4, -0.2) is 0 Å². The van der Waals surface area contributed by atoms with Crippen molar-refractivity contribution in [2.45, 2.75) is 5.33 Å². The van der Waals surface area contributed by atoms with E-state index < -0.39 is 0 Å². The largest absolute Gasteiger partial charge is 0.196 e. The highest BCUT2D eigenvalue weighted by Gasteiger charge is 2.09. The lowest BCUT2D eigenvalue weighted by Crippen LogP contribution is -1.74. The Kier molecular flexibility index (Phi) is 2.58. The lowest BCUT2D eigenvalue weighted by atomic mass is 10.2. The molecule has 0 unspecified atom stereocenters. The SMILES string of the molecule is Fc1sc2ccc(CBr)cc2c1Cl. The lowest BCUT2D eigenvalue weighted by Gasteiger charge is -1.94. The Hall–Kier alpha value is -0.120. The van der Waals surface area contributed by atoms with Crippen LogP contribution in [0, 0.1) is 5.13 Å². The second-order valence-corrected chi connectivity index (χ2v) is 4.59. The summed E-state index contributed by atoms with van der Waals surface area (Å²) in [6.45, 7) is 0. The molecule has 1 aromatic carbocycles. The van der Waals surface area contributed by atoms with Crippen molar-refractivity contribution in [2.24, 2.45) is 0 Å². The van der Waals surface area contributed by atoms with E-state index in [1.54, 1.807) is 0 Å². The van der Waals surface area contributed by atoms with Crippen LogP contribution < -0.4 is 0 Å². The molecule has 0 saturated heterocycles. The molecule has 0 saturated carbocycles. The monoisotopic (exact) mass is 278 g/mol. The number of thiophene rings is 1. The summed E-state index contributed by atoms with van der Waals surface area (Å²) in [6.07, 6.45) is 0. The Morgan fingerprint density at radius 2 is 2.23 bits per heavy atom. The molecule has 0 fully saturated rings. The van der Waals surface area contributed by atoms with Gasteiger partial charge in [-0.1, -0.05) is 33.6 Å². The quantitative estimate of drug-likeness (QED) is 0.670. The van der Waals surface area contributed by atoms with E-state index in [0.29, 0.717) is 0 Å². The normalized spacial score (nSPS) is 11.0. The number of alkyl halides is 1. The van der Waals surface area contributed by atoms with Gasteiger partial charge in [-0.25, -0.2) is 0 Å². The smallest absolute Gasteiger partial charge is 0.193 e. The summed E-state index contributed by atoms with van der Waals surface area (Å²) in [5.74, 6) is 0. The summed E-state index contributed by atoms with van der Waals surface area (Å²) < 4.78 is 13.9. The van der Waals surface area contributed by atoms with E-state index in [-0.39, 0.29) is 10.2 Å². The number of halogens is 3. The maximum atomic E-state index is 13.0. The minimum Gasteiger partial charge on any atom is -0.193 e. The molecule has 0 amide bonds. The zero-order valence-corrected chi connectivity index (χ0v) is 9.64. The van der Waals surface area contributed by atoms with Crippen molar-refractivity contribution in [1.29, 1.82) is 0 Å². The van der Waals surface area contributed by atoms with E-state index in [2.05, 4.69) is 15.9 Å². The molecule has 2 rings (SSSR count). The van der Waals surface area contributed by atoms with Crippen LogP contribution in [0.15, 0.2) is 18.2 Å². The van der Waals surface area contributed by atoms with Gasteiger partial charge in [-0.15, -0.1) is 11.3 Å². The highest BCUT2D eigenvalue weighted by atomic mass is 79.9. The lowest BCUT2D eigenvalue weighted by molar-refractivity contribution is 0.658. The van der Waals surface area contributed by atoms with E-state index in [1.807, 2.05) is 18.2 Å². The van der Waals surface area contributed by atoms with E-state index in [1.165, 1.54) is 0 Å². The first kappa shape index (κ1) is 9.44. The summed E-state index contributed by atoms with van der Waals surface area (Å²) in [5.41, 5.74) is 1.10. The zero-order valence-electron chi connectivity index (χ0n) is 6.48. The fraction of sp³-hybridized carbons (Fsp3) is 0.111. The molecule has 0 bridgehead atoms. The van der Waals surface area contributed by atoms with Crippen LogP contribution in [0.4, 0.5) is 4.39 Å². The molecule has 0 aliphatic rings. The van der Waals surface area contributed by atoms with Crippen LogP contribution in [0.2, 0.25) is 5.02 Å². The minimum absolute atomic E-state index is 0.239. The van der Waals surface area contributed by atoms with Gasteiger partial charge in [0.25, 0.3) is 0 Å². The number of rotatable bonds is 1. The Morgan fingerprint density at radius 1 is 1.46 bits per heavy atom. The van der Waals surface area contributed by atoms with Crippen molar-refractivity contribution in [3.8, 4) is 0 Å². The van der Waals surface area contributed by atoms with Crippen LogP contribution in [0.1, 0.15) is 5.56 Å². The maximum Gasteiger partial charge on any atom is 0.196 e. The highest BCUT2D eigenvalue weighted by molar-refractivity contribution is 9.08. The summed E-state index contributed by atoms with van der Waals surface area (Å²) in [6, 6.07) is 5.76. The molecule has 2 aromatic rings. The molecule has 0 atom stereocenters. The zero-order chi connectivity index (χ0) is 9.42. The fourth-order valence-corrected chi connectivity index (χ4v) is 2.64. The topological polar surface area (TPSA) is 0 Å². The van der Waals surface area contributed by atoms with Crippen LogP contribution in [0.3, 0.4) is 0 Å². The molecule has 1 heterocycles. The van der Waals surface area contributed by atoms with Crippen LogP contribution in [-0.2, 0) is 5.33 Å². The maximum absolute atomic E-state index is 13.0. The van der Waals surface area contributed by atoms with Gasteiger partial charge in [0.15, 0.2) is 5.13 Å². The Morgan fingerprint density at radius 3 is 2.92 bits per heavy atom. The van der Waals surface area contributed by atoms with Crippen molar-refractivity contribution in [3.63, 3.8) is 0 Å². The first-order valence-electron chi connectivity index (χ1n) is 3.65. The predicted molar refractivity (Wildman–Crippen MR) is 59.4 cm³/mol. The van der Waals surface area contributed by atoms with Crippen molar-refractivity contribution in [2.75, 3.05) is 0 Å². The molecule has 0 nitrogen and oxygen atoms in total. The van der Waals surface area contributed by atoms with Gasteiger partial charge in [0, 0.05) is 15.4 Å². The van der Waals surface area contributed by atoms with E-state index in [9.17, 15) is 4.39 Å². The molecule has 68 valence electrons. The van der Waals surface area contributed by atoms with Gasteiger partial charge in [0.2, 0.25) is 0 Å². The fourth-order valence-electron chi connectivity index (χ4n) is 1.17.